The summed E-state index contributed by atoms with van der Waals surface area (Å²) in [6, 6.07) is 17.1. The molecule has 3 aromatic carbocycles. The van der Waals surface area contributed by atoms with Crippen LogP contribution in [0.2, 0.25) is 0 Å². The topological polar surface area (TPSA) is 127 Å². The number of fused-ring (bicyclic) bond motifs is 1. The number of esters is 1. The van der Waals surface area contributed by atoms with E-state index >= 15 is 0 Å². The molecule has 4 aromatic rings. The number of hydrogen-bond acceptors (Lipinski definition) is 8. The second-order valence-corrected chi connectivity index (χ2v) is 9.44. The van der Waals surface area contributed by atoms with Crippen LogP contribution >= 0.6 is 11.3 Å². The Kier molecular flexibility index (Phi) is 6.90. The number of carbonyl (C=O) groups is 1. The largest absolute Gasteiger partial charge is 0.867 e. The molecule has 0 N–H and O–H groups in total. The summed E-state index contributed by atoms with van der Waals surface area (Å²) in [4.78, 5) is 42.5. The molecule has 1 aromatic heterocycles. The maximum absolute atomic E-state index is 13.8. The van der Waals surface area contributed by atoms with Crippen molar-refractivity contribution in [3.63, 3.8) is 0 Å². The number of carbonyl (C=O) groups excluding carboxylic acids is 1. The highest BCUT2D eigenvalue weighted by Crippen LogP contribution is 2.35. The van der Waals surface area contributed by atoms with Crippen LogP contribution in [0.1, 0.15) is 29.7 Å². The fourth-order valence-electron chi connectivity index (χ4n) is 4.34. The summed E-state index contributed by atoms with van der Waals surface area (Å²) < 4.78 is 20.6. The molecule has 0 unspecified atom stereocenters. The summed E-state index contributed by atoms with van der Waals surface area (Å²) in [6.07, 6.45) is 1.27. The zero-order valence-electron chi connectivity index (χ0n) is 20.4. The highest BCUT2D eigenvalue weighted by Gasteiger charge is 2.35. The van der Waals surface area contributed by atoms with Gasteiger partial charge in [-0.25, -0.2) is 14.2 Å². The van der Waals surface area contributed by atoms with Crippen molar-refractivity contribution in [2.24, 2.45) is 4.99 Å². The van der Waals surface area contributed by atoms with E-state index < -0.39 is 39.7 Å². The minimum absolute atomic E-state index is 0.0410. The van der Waals surface area contributed by atoms with E-state index in [1.54, 1.807) is 31.2 Å². The van der Waals surface area contributed by atoms with Crippen LogP contribution in [-0.4, -0.2) is 22.1 Å². The number of benzene rings is 3. The van der Waals surface area contributed by atoms with E-state index in [1.807, 2.05) is 6.07 Å². The van der Waals surface area contributed by atoms with E-state index in [2.05, 4.69) is 4.99 Å². The van der Waals surface area contributed by atoms with Gasteiger partial charge in [0.25, 0.3) is 11.2 Å². The Morgan fingerprint density at radius 3 is 2.51 bits per heavy atom. The highest BCUT2D eigenvalue weighted by molar-refractivity contribution is 7.07. The Morgan fingerprint density at radius 1 is 1.13 bits per heavy atom. The molecule has 2 heterocycles. The SMILES string of the molecule is CCOC(=O)C1=C(c2ccccc2)N=c2s/c(=C/c3cccc([N+](=O)[O-])c3[O-])c(=O)n2[C@@H]1c1ccc(F)cc1. The highest BCUT2D eigenvalue weighted by atomic mass is 32.1. The first-order chi connectivity index (χ1) is 18.8. The fraction of sp³-hybridized carbons (Fsp3) is 0.107. The van der Waals surface area contributed by atoms with Gasteiger partial charge in [0.1, 0.15) is 5.82 Å². The van der Waals surface area contributed by atoms with Crippen molar-refractivity contribution in [1.29, 1.82) is 0 Å². The third kappa shape index (κ3) is 4.75. The van der Waals surface area contributed by atoms with Gasteiger partial charge in [0.15, 0.2) is 4.80 Å². The summed E-state index contributed by atoms with van der Waals surface area (Å²) >= 11 is 0.966. The number of halogens is 1. The lowest BCUT2D eigenvalue weighted by Gasteiger charge is -2.25. The Balaban J connectivity index is 1.83. The van der Waals surface area contributed by atoms with Gasteiger partial charge in [0, 0.05) is 11.6 Å². The van der Waals surface area contributed by atoms with Crippen molar-refractivity contribution < 1.29 is 24.0 Å². The third-order valence-corrected chi connectivity index (χ3v) is 7.05. The van der Waals surface area contributed by atoms with E-state index in [0.29, 0.717) is 11.1 Å². The van der Waals surface area contributed by atoms with Crippen molar-refractivity contribution in [1.82, 2.24) is 4.57 Å². The molecule has 0 aliphatic carbocycles. The molecule has 0 amide bonds. The van der Waals surface area contributed by atoms with Gasteiger partial charge in [0.2, 0.25) is 0 Å². The zero-order chi connectivity index (χ0) is 27.7. The Hall–Kier alpha value is -4.90. The smallest absolute Gasteiger partial charge is 0.338 e. The monoisotopic (exact) mass is 544 g/mol. The maximum atomic E-state index is 13.8. The normalized spacial score (nSPS) is 15.0. The fourth-order valence-corrected chi connectivity index (χ4v) is 5.33. The van der Waals surface area contributed by atoms with Gasteiger partial charge < -0.3 is 9.84 Å². The van der Waals surface area contributed by atoms with Crippen LogP contribution in [0.25, 0.3) is 11.8 Å². The summed E-state index contributed by atoms with van der Waals surface area (Å²) in [5, 5.41) is 23.9. The number of rotatable bonds is 6. The van der Waals surface area contributed by atoms with Gasteiger partial charge in [-0.05, 0) is 42.0 Å². The van der Waals surface area contributed by atoms with E-state index in [0.717, 1.165) is 17.4 Å². The summed E-state index contributed by atoms with van der Waals surface area (Å²) in [7, 11) is 0. The minimum atomic E-state index is -1.02. The van der Waals surface area contributed by atoms with Crippen LogP contribution in [0.15, 0.2) is 88.2 Å². The third-order valence-electron chi connectivity index (χ3n) is 6.07. The lowest BCUT2D eigenvalue weighted by molar-refractivity contribution is -0.398. The molecule has 196 valence electrons. The minimum Gasteiger partial charge on any atom is -0.867 e. The summed E-state index contributed by atoms with van der Waals surface area (Å²) in [6.45, 7) is 1.73. The molecule has 9 nitrogen and oxygen atoms in total. The van der Waals surface area contributed by atoms with Crippen LogP contribution in [0.5, 0.6) is 5.75 Å². The number of thiazole rings is 1. The molecular formula is C28H19FN3O6S-. The zero-order valence-corrected chi connectivity index (χ0v) is 21.2. The number of para-hydroxylation sites is 1. The van der Waals surface area contributed by atoms with E-state index in [1.165, 1.54) is 47.0 Å². The Morgan fingerprint density at radius 2 is 1.85 bits per heavy atom. The number of nitro groups is 1. The number of aromatic nitrogens is 1. The number of nitro benzene ring substituents is 1. The number of nitrogens with zero attached hydrogens (tertiary/aromatic N) is 3. The predicted octanol–water partition coefficient (Wildman–Crippen LogP) is 3.06. The number of ether oxygens (including phenoxy) is 1. The van der Waals surface area contributed by atoms with Crippen molar-refractivity contribution in [2.75, 3.05) is 6.61 Å². The second-order valence-electron chi connectivity index (χ2n) is 8.44. The molecule has 1 atom stereocenters. The van der Waals surface area contributed by atoms with Crippen LogP contribution in [-0.2, 0) is 9.53 Å². The molecule has 0 spiro atoms. The van der Waals surface area contributed by atoms with Gasteiger partial charge in [-0.2, -0.15) is 0 Å². The lowest BCUT2D eigenvalue weighted by Crippen LogP contribution is -2.40. The van der Waals surface area contributed by atoms with Crippen LogP contribution in [0.4, 0.5) is 10.1 Å². The van der Waals surface area contributed by atoms with E-state index in [4.69, 9.17) is 4.74 Å². The molecule has 0 fully saturated rings. The van der Waals surface area contributed by atoms with E-state index in [9.17, 15) is 29.2 Å². The Labute approximate surface area is 224 Å². The average molecular weight is 545 g/mol. The average Bonchev–Trinajstić information content (AvgIpc) is 3.24. The standard InChI is InChI=1S/C28H20FN3O6S/c1-2-38-27(35)22-23(16-7-4-3-5-8-16)30-28-31(24(22)17-11-13-19(29)14-12-17)26(34)21(39-28)15-18-9-6-10-20(25(18)33)32(36)37/h3-15,24,33H,2H2,1H3/p-1/b21-15+/t24-/m1/s1. The van der Waals surface area contributed by atoms with Gasteiger partial charge in [-0.15, -0.1) is 0 Å². The van der Waals surface area contributed by atoms with Crippen LogP contribution in [0.3, 0.4) is 0 Å². The molecule has 39 heavy (non-hydrogen) atoms. The Bertz CT molecular complexity index is 1810. The maximum Gasteiger partial charge on any atom is 0.338 e. The molecule has 1 aliphatic heterocycles. The van der Waals surface area contributed by atoms with Crippen molar-refractivity contribution in [2.45, 2.75) is 13.0 Å². The quantitative estimate of drug-likeness (QED) is 0.209. The molecule has 0 radical (unpaired) electrons. The molecule has 0 saturated heterocycles. The van der Waals surface area contributed by atoms with Crippen molar-refractivity contribution >= 4 is 34.8 Å². The summed E-state index contributed by atoms with van der Waals surface area (Å²) in [5.74, 6) is -2.02. The van der Waals surface area contributed by atoms with Gasteiger partial charge >= 0.3 is 5.97 Å². The first kappa shape index (κ1) is 25.7. The molecular weight excluding hydrogens is 525 g/mol. The molecule has 0 saturated carbocycles. The van der Waals surface area contributed by atoms with Gasteiger partial charge in [-0.1, -0.05) is 65.9 Å². The first-order valence-electron chi connectivity index (χ1n) is 11.8. The van der Waals surface area contributed by atoms with Gasteiger partial charge in [-0.3, -0.25) is 19.5 Å². The molecule has 11 heteroatoms. The summed E-state index contributed by atoms with van der Waals surface area (Å²) in [5.41, 5.74) is 0.191. The lowest BCUT2D eigenvalue weighted by atomic mass is 9.93. The molecule has 0 bridgehead atoms. The van der Waals surface area contributed by atoms with Crippen LogP contribution in [0, 0.1) is 15.9 Å². The number of hydrogen-bond donors (Lipinski definition) is 0. The van der Waals surface area contributed by atoms with Crippen LogP contribution < -0.4 is 20.0 Å². The van der Waals surface area contributed by atoms with Crippen molar-refractivity contribution in [3.8, 4) is 5.75 Å². The van der Waals surface area contributed by atoms with Gasteiger partial charge in [0.05, 0.1) is 33.4 Å². The van der Waals surface area contributed by atoms with Crippen molar-refractivity contribution in [3.05, 3.63) is 131 Å². The second kappa shape index (κ2) is 10.5. The first-order valence-corrected chi connectivity index (χ1v) is 12.6. The van der Waals surface area contributed by atoms with E-state index in [-0.39, 0.29) is 32.8 Å². The molecule has 1 aliphatic rings. The predicted molar refractivity (Wildman–Crippen MR) is 140 cm³/mol. The molecule has 5 rings (SSSR count).